The monoisotopic (exact) mass is 171 g/mol. The molecule has 0 saturated heterocycles. The van der Waals surface area contributed by atoms with Crippen molar-refractivity contribution in [1.29, 1.82) is 0 Å². The number of hydrogen-bond acceptors (Lipinski definition) is 3. The standard InChI is InChI=1S/C9H17NO2/c1-4-5-6-7(2)12-9(11)8(3)10/h4,7-8H,1,5-6,10H2,2-3H3. The Morgan fingerprint density at radius 2 is 2.25 bits per heavy atom. The smallest absolute Gasteiger partial charge is 0.322 e. The maximum absolute atomic E-state index is 10.9. The molecule has 12 heavy (non-hydrogen) atoms. The maximum Gasteiger partial charge on any atom is 0.322 e. The van der Waals surface area contributed by atoms with Gasteiger partial charge >= 0.3 is 5.97 Å². The fourth-order valence-electron chi connectivity index (χ4n) is 0.717. The quantitative estimate of drug-likeness (QED) is 0.500. The van der Waals surface area contributed by atoms with E-state index in [1.165, 1.54) is 0 Å². The lowest BCUT2D eigenvalue weighted by Gasteiger charge is -2.13. The first-order valence-corrected chi connectivity index (χ1v) is 4.15. The van der Waals surface area contributed by atoms with E-state index in [2.05, 4.69) is 6.58 Å². The van der Waals surface area contributed by atoms with Crippen LogP contribution in [0.3, 0.4) is 0 Å². The highest BCUT2D eigenvalue weighted by molar-refractivity contribution is 5.75. The van der Waals surface area contributed by atoms with Crippen LogP contribution in [0, 0.1) is 0 Å². The summed E-state index contributed by atoms with van der Waals surface area (Å²) in [4.78, 5) is 10.9. The molecule has 0 aliphatic heterocycles. The highest BCUT2D eigenvalue weighted by Crippen LogP contribution is 2.02. The number of carbonyl (C=O) groups excluding carboxylic acids is 1. The van der Waals surface area contributed by atoms with Crippen LogP contribution < -0.4 is 5.73 Å². The molecule has 2 N–H and O–H groups in total. The molecule has 0 radical (unpaired) electrons. The molecule has 0 amide bonds. The Morgan fingerprint density at radius 1 is 1.67 bits per heavy atom. The number of rotatable bonds is 5. The van der Waals surface area contributed by atoms with Crippen molar-refractivity contribution >= 4 is 5.97 Å². The van der Waals surface area contributed by atoms with Gasteiger partial charge in [-0.25, -0.2) is 0 Å². The van der Waals surface area contributed by atoms with Crippen molar-refractivity contribution in [3.63, 3.8) is 0 Å². The molecule has 0 rings (SSSR count). The number of hydrogen-bond donors (Lipinski definition) is 1. The summed E-state index contributed by atoms with van der Waals surface area (Å²) in [6.45, 7) is 7.05. The van der Waals surface area contributed by atoms with Gasteiger partial charge in [0.25, 0.3) is 0 Å². The molecule has 3 nitrogen and oxygen atoms in total. The minimum Gasteiger partial charge on any atom is -0.462 e. The van der Waals surface area contributed by atoms with Crippen molar-refractivity contribution in [3.8, 4) is 0 Å². The number of esters is 1. The van der Waals surface area contributed by atoms with Crippen LogP contribution in [0.25, 0.3) is 0 Å². The Kier molecular flexibility index (Phi) is 5.37. The molecular weight excluding hydrogens is 154 g/mol. The molecule has 0 aliphatic carbocycles. The fraction of sp³-hybridized carbons (Fsp3) is 0.667. The lowest BCUT2D eigenvalue weighted by molar-refractivity contribution is -0.149. The van der Waals surface area contributed by atoms with E-state index in [9.17, 15) is 4.79 Å². The minimum atomic E-state index is -0.531. The van der Waals surface area contributed by atoms with Gasteiger partial charge < -0.3 is 10.5 Å². The Hall–Kier alpha value is -0.830. The Balaban J connectivity index is 3.60. The van der Waals surface area contributed by atoms with Gasteiger partial charge in [0.2, 0.25) is 0 Å². The fourth-order valence-corrected chi connectivity index (χ4v) is 0.717. The lowest BCUT2D eigenvalue weighted by Crippen LogP contribution is -2.31. The van der Waals surface area contributed by atoms with Crippen LogP contribution in [-0.4, -0.2) is 18.1 Å². The third kappa shape index (κ3) is 4.91. The van der Waals surface area contributed by atoms with Gasteiger partial charge in [0, 0.05) is 0 Å². The largest absolute Gasteiger partial charge is 0.462 e. The van der Waals surface area contributed by atoms with Crippen molar-refractivity contribution in [2.45, 2.75) is 38.8 Å². The molecule has 0 spiro atoms. The van der Waals surface area contributed by atoms with Crippen LogP contribution in [-0.2, 0) is 9.53 Å². The zero-order valence-corrected chi connectivity index (χ0v) is 7.75. The van der Waals surface area contributed by atoms with Gasteiger partial charge in [0.1, 0.15) is 6.04 Å². The van der Waals surface area contributed by atoms with E-state index in [0.29, 0.717) is 0 Å². The van der Waals surface area contributed by atoms with E-state index < -0.39 is 6.04 Å². The summed E-state index contributed by atoms with van der Waals surface area (Å²) in [5, 5.41) is 0. The number of allylic oxidation sites excluding steroid dienone is 1. The van der Waals surface area contributed by atoms with E-state index in [1.807, 2.05) is 6.92 Å². The molecule has 0 bridgehead atoms. The summed E-state index contributed by atoms with van der Waals surface area (Å²) < 4.78 is 5.00. The van der Waals surface area contributed by atoms with Crippen molar-refractivity contribution < 1.29 is 9.53 Å². The van der Waals surface area contributed by atoms with Crippen molar-refractivity contribution in [2.24, 2.45) is 5.73 Å². The van der Waals surface area contributed by atoms with Gasteiger partial charge in [-0.1, -0.05) is 6.08 Å². The number of ether oxygens (including phenoxy) is 1. The molecule has 2 atom stereocenters. The van der Waals surface area contributed by atoms with Gasteiger partial charge in [0.05, 0.1) is 6.10 Å². The second kappa shape index (κ2) is 5.77. The molecule has 3 heteroatoms. The Morgan fingerprint density at radius 3 is 2.67 bits per heavy atom. The summed E-state index contributed by atoms with van der Waals surface area (Å²) >= 11 is 0. The van der Waals surface area contributed by atoms with Gasteiger partial charge in [-0.15, -0.1) is 6.58 Å². The second-order valence-electron chi connectivity index (χ2n) is 2.90. The average molecular weight is 171 g/mol. The predicted octanol–water partition coefficient (Wildman–Crippen LogP) is 1.23. The zero-order chi connectivity index (χ0) is 9.56. The lowest BCUT2D eigenvalue weighted by atomic mass is 10.2. The SMILES string of the molecule is C=CCCC(C)OC(=O)C(C)N. The van der Waals surface area contributed by atoms with Crippen molar-refractivity contribution in [2.75, 3.05) is 0 Å². The first-order valence-electron chi connectivity index (χ1n) is 4.15. The minimum absolute atomic E-state index is 0.0681. The molecule has 0 saturated carbocycles. The van der Waals surface area contributed by atoms with Gasteiger partial charge in [-0.2, -0.15) is 0 Å². The maximum atomic E-state index is 10.9. The van der Waals surface area contributed by atoms with Gasteiger partial charge in [-0.3, -0.25) is 4.79 Å². The predicted molar refractivity (Wildman–Crippen MR) is 48.6 cm³/mol. The Labute approximate surface area is 73.6 Å². The molecule has 0 heterocycles. The van der Waals surface area contributed by atoms with E-state index in [-0.39, 0.29) is 12.1 Å². The summed E-state index contributed by atoms with van der Waals surface area (Å²) in [5.74, 6) is -0.341. The molecule has 0 aliphatic rings. The molecule has 0 fully saturated rings. The van der Waals surface area contributed by atoms with Crippen molar-refractivity contribution in [1.82, 2.24) is 0 Å². The topological polar surface area (TPSA) is 52.3 Å². The summed E-state index contributed by atoms with van der Waals surface area (Å²) in [6, 6.07) is -0.531. The summed E-state index contributed by atoms with van der Waals surface area (Å²) in [5.41, 5.74) is 5.32. The van der Waals surface area contributed by atoms with E-state index in [0.717, 1.165) is 12.8 Å². The van der Waals surface area contributed by atoms with Crippen LogP contribution in [0.2, 0.25) is 0 Å². The van der Waals surface area contributed by atoms with Crippen LogP contribution in [0.15, 0.2) is 12.7 Å². The van der Waals surface area contributed by atoms with Crippen LogP contribution in [0.1, 0.15) is 26.7 Å². The number of carbonyl (C=O) groups is 1. The second-order valence-corrected chi connectivity index (χ2v) is 2.90. The highest BCUT2D eigenvalue weighted by atomic mass is 16.5. The molecule has 2 unspecified atom stereocenters. The van der Waals surface area contributed by atoms with E-state index in [4.69, 9.17) is 10.5 Å². The Bertz CT molecular complexity index is 155. The highest BCUT2D eigenvalue weighted by Gasteiger charge is 2.12. The summed E-state index contributed by atoms with van der Waals surface area (Å²) in [7, 11) is 0. The zero-order valence-electron chi connectivity index (χ0n) is 7.75. The van der Waals surface area contributed by atoms with E-state index in [1.54, 1.807) is 13.0 Å². The third-order valence-electron chi connectivity index (χ3n) is 1.47. The van der Waals surface area contributed by atoms with Gasteiger partial charge in [0.15, 0.2) is 0 Å². The molecule has 0 aromatic heterocycles. The average Bonchev–Trinajstić information content (AvgIpc) is 2.00. The number of nitrogens with two attached hydrogens (primary N) is 1. The third-order valence-corrected chi connectivity index (χ3v) is 1.47. The molecule has 70 valence electrons. The van der Waals surface area contributed by atoms with Crippen molar-refractivity contribution in [3.05, 3.63) is 12.7 Å². The van der Waals surface area contributed by atoms with Crippen LogP contribution >= 0.6 is 0 Å². The molecule has 0 aromatic carbocycles. The first kappa shape index (κ1) is 11.2. The van der Waals surface area contributed by atoms with Crippen LogP contribution in [0.4, 0.5) is 0 Å². The van der Waals surface area contributed by atoms with Gasteiger partial charge in [-0.05, 0) is 26.7 Å². The molecular formula is C9H17NO2. The van der Waals surface area contributed by atoms with Crippen LogP contribution in [0.5, 0.6) is 0 Å². The molecule has 0 aromatic rings. The summed E-state index contributed by atoms with van der Waals surface area (Å²) in [6.07, 6.45) is 3.40. The normalized spacial score (nSPS) is 14.9. The first-order chi connectivity index (χ1) is 5.57. The van der Waals surface area contributed by atoms with E-state index >= 15 is 0 Å².